The number of aryl methyl sites for hydroxylation is 1. The lowest BCUT2D eigenvalue weighted by atomic mass is 9.88. The second-order valence-electron chi connectivity index (χ2n) is 4.65. The first kappa shape index (κ1) is 12.1. The minimum Gasteiger partial charge on any atom is -0.355 e. The molecule has 1 amide bonds. The number of fused-ring (bicyclic) bond motifs is 1. The highest BCUT2D eigenvalue weighted by Crippen LogP contribution is 2.20. The van der Waals surface area contributed by atoms with Crippen molar-refractivity contribution < 1.29 is 4.79 Å². The molecule has 2 N–H and O–H groups in total. The van der Waals surface area contributed by atoms with Crippen molar-refractivity contribution in [1.29, 1.82) is 0 Å². The second-order valence-corrected chi connectivity index (χ2v) is 4.65. The summed E-state index contributed by atoms with van der Waals surface area (Å²) in [5, 5.41) is 6.31. The van der Waals surface area contributed by atoms with Crippen LogP contribution in [0.1, 0.15) is 24.5 Å². The highest BCUT2D eigenvalue weighted by molar-refractivity contribution is 5.72. The average molecular weight is 232 g/mol. The molecule has 1 aromatic carbocycles. The van der Waals surface area contributed by atoms with E-state index < -0.39 is 0 Å². The predicted molar refractivity (Wildman–Crippen MR) is 68.9 cm³/mol. The number of hydrogen-bond donors (Lipinski definition) is 2. The Hall–Kier alpha value is -1.35. The van der Waals surface area contributed by atoms with Gasteiger partial charge in [0.1, 0.15) is 0 Å². The van der Waals surface area contributed by atoms with Gasteiger partial charge < -0.3 is 10.6 Å². The molecule has 0 aromatic heterocycles. The Morgan fingerprint density at radius 3 is 2.82 bits per heavy atom. The summed E-state index contributed by atoms with van der Waals surface area (Å²) >= 11 is 0. The first-order valence-corrected chi connectivity index (χ1v) is 6.30. The molecule has 0 heterocycles. The fraction of sp³-hybridized carbons (Fsp3) is 0.500. The maximum absolute atomic E-state index is 10.7. The van der Waals surface area contributed by atoms with E-state index in [1.165, 1.54) is 17.5 Å². The largest absolute Gasteiger partial charge is 0.355 e. The summed E-state index contributed by atoms with van der Waals surface area (Å²) in [7, 11) is 0. The van der Waals surface area contributed by atoms with Crippen LogP contribution in [-0.2, 0) is 17.6 Å². The zero-order chi connectivity index (χ0) is 12.1. The highest BCUT2D eigenvalue weighted by Gasteiger charge is 2.16. The number of nitrogens with one attached hydrogen (secondary N) is 2. The van der Waals surface area contributed by atoms with Gasteiger partial charge in [0.2, 0.25) is 5.91 Å². The molecule has 1 aliphatic carbocycles. The molecule has 0 saturated heterocycles. The Labute approximate surface area is 103 Å². The summed E-state index contributed by atoms with van der Waals surface area (Å²) < 4.78 is 0. The number of carbonyl (C=O) groups excluding carboxylic acids is 1. The van der Waals surface area contributed by atoms with Crippen LogP contribution >= 0.6 is 0 Å². The molecule has 1 unspecified atom stereocenters. The summed E-state index contributed by atoms with van der Waals surface area (Å²) in [6, 6.07) is 9.22. The van der Waals surface area contributed by atoms with E-state index in [9.17, 15) is 4.79 Å². The third-order valence-electron chi connectivity index (χ3n) is 3.28. The predicted octanol–water partition coefficient (Wildman–Crippen LogP) is 1.27. The molecule has 1 atom stereocenters. The van der Waals surface area contributed by atoms with Crippen LogP contribution < -0.4 is 10.6 Å². The SMILES string of the molecule is CC(=O)NCCNC1CCc2ccccc2C1. The lowest BCUT2D eigenvalue weighted by Crippen LogP contribution is -2.39. The molecule has 0 fully saturated rings. The van der Waals surface area contributed by atoms with Crippen LogP contribution in [0.25, 0.3) is 0 Å². The van der Waals surface area contributed by atoms with E-state index in [0.29, 0.717) is 12.6 Å². The van der Waals surface area contributed by atoms with Crippen molar-refractivity contribution in [2.24, 2.45) is 0 Å². The Balaban J connectivity index is 1.76. The highest BCUT2D eigenvalue weighted by atomic mass is 16.1. The van der Waals surface area contributed by atoms with Gasteiger partial charge in [-0.1, -0.05) is 24.3 Å². The lowest BCUT2D eigenvalue weighted by Gasteiger charge is -2.25. The minimum atomic E-state index is 0.0424. The van der Waals surface area contributed by atoms with Gasteiger partial charge in [-0.25, -0.2) is 0 Å². The standard InChI is InChI=1S/C14H20N2O/c1-11(17)15-8-9-16-14-7-6-12-4-2-3-5-13(12)10-14/h2-5,14,16H,6-10H2,1H3,(H,15,17). The number of carbonyl (C=O) groups is 1. The van der Waals surface area contributed by atoms with E-state index in [4.69, 9.17) is 0 Å². The fourth-order valence-electron chi connectivity index (χ4n) is 2.39. The molecule has 0 spiro atoms. The Morgan fingerprint density at radius 2 is 2.06 bits per heavy atom. The van der Waals surface area contributed by atoms with E-state index in [1.54, 1.807) is 6.92 Å². The molecule has 2 rings (SSSR count). The van der Waals surface area contributed by atoms with E-state index in [-0.39, 0.29) is 5.91 Å². The molecule has 0 bridgehead atoms. The second kappa shape index (κ2) is 5.82. The number of hydrogen-bond acceptors (Lipinski definition) is 2. The van der Waals surface area contributed by atoms with Gasteiger partial charge in [0.25, 0.3) is 0 Å². The van der Waals surface area contributed by atoms with Crippen molar-refractivity contribution in [3.63, 3.8) is 0 Å². The summed E-state index contributed by atoms with van der Waals surface area (Å²) in [5.41, 5.74) is 2.96. The van der Waals surface area contributed by atoms with Crippen LogP contribution in [0.2, 0.25) is 0 Å². The van der Waals surface area contributed by atoms with Gasteiger partial charge in [0.15, 0.2) is 0 Å². The molecular weight excluding hydrogens is 212 g/mol. The van der Waals surface area contributed by atoms with Crippen LogP contribution in [0.5, 0.6) is 0 Å². The third kappa shape index (κ3) is 3.56. The van der Waals surface area contributed by atoms with E-state index in [2.05, 4.69) is 34.9 Å². The van der Waals surface area contributed by atoms with Gasteiger partial charge in [0.05, 0.1) is 0 Å². The van der Waals surface area contributed by atoms with Gasteiger partial charge in [-0.3, -0.25) is 4.79 Å². The lowest BCUT2D eigenvalue weighted by molar-refractivity contribution is -0.118. The Bertz CT molecular complexity index is 390. The number of amides is 1. The van der Waals surface area contributed by atoms with Gasteiger partial charge in [-0.05, 0) is 30.4 Å². The van der Waals surface area contributed by atoms with E-state index in [0.717, 1.165) is 19.4 Å². The van der Waals surface area contributed by atoms with Crippen LogP contribution in [0.3, 0.4) is 0 Å². The van der Waals surface area contributed by atoms with Crippen molar-refractivity contribution in [2.45, 2.75) is 32.2 Å². The van der Waals surface area contributed by atoms with Crippen molar-refractivity contribution in [1.82, 2.24) is 10.6 Å². The fourth-order valence-corrected chi connectivity index (χ4v) is 2.39. The van der Waals surface area contributed by atoms with Gasteiger partial charge in [-0.15, -0.1) is 0 Å². The van der Waals surface area contributed by atoms with Crippen LogP contribution in [0.15, 0.2) is 24.3 Å². The minimum absolute atomic E-state index is 0.0424. The van der Waals surface area contributed by atoms with Crippen molar-refractivity contribution in [2.75, 3.05) is 13.1 Å². The summed E-state index contributed by atoms with van der Waals surface area (Å²) in [4.78, 5) is 10.7. The molecule has 1 aromatic rings. The first-order valence-electron chi connectivity index (χ1n) is 6.30. The normalized spacial score (nSPS) is 18.5. The zero-order valence-electron chi connectivity index (χ0n) is 10.3. The van der Waals surface area contributed by atoms with Crippen LogP contribution in [0.4, 0.5) is 0 Å². The molecule has 3 nitrogen and oxygen atoms in total. The van der Waals surface area contributed by atoms with Crippen molar-refractivity contribution in [3.8, 4) is 0 Å². The quantitative estimate of drug-likeness (QED) is 0.768. The maximum atomic E-state index is 10.7. The molecule has 0 saturated carbocycles. The van der Waals surface area contributed by atoms with Gasteiger partial charge in [0, 0.05) is 26.1 Å². The Kier molecular flexibility index (Phi) is 4.15. The molecule has 0 aliphatic heterocycles. The summed E-state index contributed by atoms with van der Waals surface area (Å²) in [6.45, 7) is 3.12. The van der Waals surface area contributed by atoms with Crippen molar-refractivity contribution in [3.05, 3.63) is 35.4 Å². The topological polar surface area (TPSA) is 41.1 Å². The molecule has 92 valence electrons. The van der Waals surface area contributed by atoms with Gasteiger partial charge >= 0.3 is 0 Å². The van der Waals surface area contributed by atoms with E-state index in [1.807, 2.05) is 0 Å². The molecule has 3 heteroatoms. The number of benzene rings is 1. The zero-order valence-corrected chi connectivity index (χ0v) is 10.3. The van der Waals surface area contributed by atoms with Gasteiger partial charge in [-0.2, -0.15) is 0 Å². The molecule has 1 aliphatic rings. The summed E-state index contributed by atoms with van der Waals surface area (Å²) in [6.07, 6.45) is 3.46. The van der Waals surface area contributed by atoms with Crippen molar-refractivity contribution >= 4 is 5.91 Å². The molecular formula is C14H20N2O. The van der Waals surface area contributed by atoms with E-state index >= 15 is 0 Å². The van der Waals surface area contributed by atoms with Crippen LogP contribution in [0, 0.1) is 0 Å². The molecule has 0 radical (unpaired) electrons. The first-order chi connectivity index (χ1) is 8.25. The Morgan fingerprint density at radius 1 is 1.29 bits per heavy atom. The maximum Gasteiger partial charge on any atom is 0.216 e. The molecule has 17 heavy (non-hydrogen) atoms. The number of rotatable bonds is 4. The summed E-state index contributed by atoms with van der Waals surface area (Å²) in [5.74, 6) is 0.0424. The van der Waals surface area contributed by atoms with Crippen LogP contribution in [-0.4, -0.2) is 25.0 Å². The third-order valence-corrected chi connectivity index (χ3v) is 3.28. The average Bonchev–Trinajstić information content (AvgIpc) is 2.34. The smallest absolute Gasteiger partial charge is 0.216 e. The monoisotopic (exact) mass is 232 g/mol.